The first kappa shape index (κ1) is 14.9. The molecule has 2 heterocycles. The second kappa shape index (κ2) is 6.85. The molecule has 2 aromatic heterocycles. The minimum atomic E-state index is -0.294. The van der Waals surface area contributed by atoms with Crippen LogP contribution >= 0.6 is 11.3 Å². The molecule has 0 aliphatic heterocycles. The number of pyridine rings is 1. The van der Waals surface area contributed by atoms with Crippen molar-refractivity contribution >= 4 is 34.5 Å². The number of aromatic nitrogens is 1. The molecule has 3 aromatic rings. The zero-order valence-corrected chi connectivity index (χ0v) is 12.8. The Hall–Kier alpha value is -2.99. The van der Waals surface area contributed by atoms with Gasteiger partial charge in [-0.1, -0.05) is 12.1 Å². The summed E-state index contributed by atoms with van der Waals surface area (Å²) in [7, 11) is 0. The van der Waals surface area contributed by atoms with Crippen LogP contribution in [-0.2, 0) is 0 Å². The van der Waals surface area contributed by atoms with Gasteiger partial charge in [-0.05, 0) is 35.7 Å². The summed E-state index contributed by atoms with van der Waals surface area (Å²) in [5.74, 6) is -0.534. The molecule has 0 bridgehead atoms. The summed E-state index contributed by atoms with van der Waals surface area (Å²) in [5.41, 5.74) is 2.08. The number of nitrogens with zero attached hydrogens (tertiary/aromatic N) is 1. The average molecular weight is 323 g/mol. The van der Waals surface area contributed by atoms with Crippen molar-refractivity contribution in [3.05, 3.63) is 76.7 Å². The van der Waals surface area contributed by atoms with E-state index in [0.717, 1.165) is 0 Å². The lowest BCUT2D eigenvalue weighted by Gasteiger charge is -2.11. The van der Waals surface area contributed by atoms with Crippen LogP contribution in [0.25, 0.3) is 0 Å². The molecule has 0 aliphatic rings. The number of benzene rings is 1. The molecule has 2 N–H and O–H groups in total. The van der Waals surface area contributed by atoms with E-state index in [-0.39, 0.29) is 11.8 Å². The van der Waals surface area contributed by atoms with Gasteiger partial charge in [-0.15, -0.1) is 0 Å². The predicted octanol–water partition coefficient (Wildman–Crippen LogP) is 3.65. The molecule has 0 saturated carbocycles. The van der Waals surface area contributed by atoms with Crippen LogP contribution in [0.15, 0.2) is 65.6 Å². The van der Waals surface area contributed by atoms with E-state index in [1.165, 1.54) is 11.3 Å². The molecule has 0 fully saturated rings. The van der Waals surface area contributed by atoms with Gasteiger partial charge in [0.15, 0.2) is 0 Å². The molecule has 2 amide bonds. The molecule has 0 unspecified atom stereocenters. The van der Waals surface area contributed by atoms with Gasteiger partial charge in [-0.2, -0.15) is 11.3 Å². The minimum Gasteiger partial charge on any atom is -0.322 e. The third kappa shape index (κ3) is 3.61. The van der Waals surface area contributed by atoms with Gasteiger partial charge in [0.1, 0.15) is 0 Å². The van der Waals surface area contributed by atoms with Crippen molar-refractivity contribution in [3.8, 4) is 0 Å². The molecule has 0 radical (unpaired) electrons. The summed E-state index contributed by atoms with van der Waals surface area (Å²) in [6.07, 6.45) is 3.19. The number of amides is 2. The van der Waals surface area contributed by atoms with E-state index in [2.05, 4.69) is 15.6 Å². The first-order valence-electron chi connectivity index (χ1n) is 6.88. The van der Waals surface area contributed by atoms with Crippen LogP contribution < -0.4 is 10.6 Å². The summed E-state index contributed by atoms with van der Waals surface area (Å²) >= 11 is 1.44. The van der Waals surface area contributed by atoms with Gasteiger partial charge in [-0.25, -0.2) is 0 Å². The van der Waals surface area contributed by atoms with Crippen molar-refractivity contribution in [2.24, 2.45) is 0 Å². The van der Waals surface area contributed by atoms with E-state index in [1.807, 2.05) is 5.38 Å². The van der Waals surface area contributed by atoms with E-state index < -0.39 is 0 Å². The number of anilines is 2. The average Bonchev–Trinajstić information content (AvgIpc) is 3.11. The maximum atomic E-state index is 12.4. The van der Waals surface area contributed by atoms with E-state index in [4.69, 9.17) is 0 Å². The van der Waals surface area contributed by atoms with E-state index in [1.54, 1.807) is 60.2 Å². The molecule has 0 spiro atoms. The SMILES string of the molecule is O=C(Nc1ccccc1C(=O)Nc1ccncc1)c1ccsc1. The molecule has 0 aliphatic carbocycles. The number of nitrogens with one attached hydrogen (secondary N) is 2. The number of para-hydroxylation sites is 1. The Morgan fingerprint density at radius 2 is 1.70 bits per heavy atom. The maximum absolute atomic E-state index is 12.4. The molecule has 0 atom stereocenters. The highest BCUT2D eigenvalue weighted by Gasteiger charge is 2.14. The predicted molar refractivity (Wildman–Crippen MR) is 90.9 cm³/mol. The number of carbonyl (C=O) groups is 2. The van der Waals surface area contributed by atoms with Crippen LogP contribution in [0.4, 0.5) is 11.4 Å². The third-order valence-corrected chi connectivity index (χ3v) is 3.82. The molecule has 6 heteroatoms. The third-order valence-electron chi connectivity index (χ3n) is 3.14. The Balaban J connectivity index is 1.80. The molecule has 23 heavy (non-hydrogen) atoms. The molecule has 1 aromatic carbocycles. The van der Waals surface area contributed by atoms with E-state index >= 15 is 0 Å². The van der Waals surface area contributed by atoms with Gasteiger partial charge in [0, 0.05) is 23.5 Å². The summed E-state index contributed by atoms with van der Waals surface area (Å²) in [5, 5.41) is 9.14. The lowest BCUT2D eigenvalue weighted by molar-refractivity contribution is 0.102. The smallest absolute Gasteiger partial charge is 0.257 e. The van der Waals surface area contributed by atoms with Crippen LogP contribution in [0.1, 0.15) is 20.7 Å². The normalized spacial score (nSPS) is 10.1. The van der Waals surface area contributed by atoms with Crippen LogP contribution in [0.2, 0.25) is 0 Å². The monoisotopic (exact) mass is 323 g/mol. The fraction of sp³-hybridized carbons (Fsp3) is 0. The highest BCUT2D eigenvalue weighted by Crippen LogP contribution is 2.18. The zero-order chi connectivity index (χ0) is 16.1. The van der Waals surface area contributed by atoms with Crippen molar-refractivity contribution in [1.82, 2.24) is 4.98 Å². The van der Waals surface area contributed by atoms with Gasteiger partial charge in [-0.3, -0.25) is 14.6 Å². The van der Waals surface area contributed by atoms with Crippen molar-refractivity contribution in [1.29, 1.82) is 0 Å². The number of carbonyl (C=O) groups excluding carboxylic acids is 2. The second-order valence-corrected chi connectivity index (χ2v) is 5.48. The van der Waals surface area contributed by atoms with Crippen molar-refractivity contribution in [2.45, 2.75) is 0 Å². The Morgan fingerprint density at radius 1 is 0.913 bits per heavy atom. The van der Waals surface area contributed by atoms with Gasteiger partial charge >= 0.3 is 0 Å². The Kier molecular flexibility index (Phi) is 4.44. The second-order valence-electron chi connectivity index (χ2n) is 4.70. The molecular weight excluding hydrogens is 310 g/mol. The number of rotatable bonds is 4. The van der Waals surface area contributed by atoms with Crippen molar-refractivity contribution in [2.75, 3.05) is 10.6 Å². The molecule has 5 nitrogen and oxygen atoms in total. The number of hydrogen-bond donors (Lipinski definition) is 2. The number of hydrogen-bond acceptors (Lipinski definition) is 4. The van der Waals surface area contributed by atoms with Crippen LogP contribution in [0.3, 0.4) is 0 Å². The lowest BCUT2D eigenvalue weighted by atomic mass is 10.1. The summed E-state index contributed by atoms with van der Waals surface area (Å²) in [4.78, 5) is 28.5. The summed E-state index contributed by atoms with van der Waals surface area (Å²) < 4.78 is 0. The largest absolute Gasteiger partial charge is 0.322 e. The highest BCUT2D eigenvalue weighted by molar-refractivity contribution is 7.08. The summed E-state index contributed by atoms with van der Waals surface area (Å²) in [6.45, 7) is 0. The van der Waals surface area contributed by atoms with Crippen LogP contribution in [0, 0.1) is 0 Å². The fourth-order valence-corrected chi connectivity index (χ4v) is 2.65. The van der Waals surface area contributed by atoms with Crippen molar-refractivity contribution in [3.63, 3.8) is 0 Å². The Morgan fingerprint density at radius 3 is 2.43 bits per heavy atom. The van der Waals surface area contributed by atoms with Gasteiger partial charge in [0.25, 0.3) is 11.8 Å². The van der Waals surface area contributed by atoms with Crippen molar-refractivity contribution < 1.29 is 9.59 Å². The van der Waals surface area contributed by atoms with E-state index in [9.17, 15) is 9.59 Å². The zero-order valence-electron chi connectivity index (χ0n) is 12.0. The van der Waals surface area contributed by atoms with Crippen LogP contribution in [-0.4, -0.2) is 16.8 Å². The number of thiophene rings is 1. The first-order valence-corrected chi connectivity index (χ1v) is 7.82. The molecular formula is C17H13N3O2S. The fourth-order valence-electron chi connectivity index (χ4n) is 2.01. The Bertz CT molecular complexity index is 817. The first-order chi connectivity index (χ1) is 11.2. The van der Waals surface area contributed by atoms with Gasteiger partial charge < -0.3 is 10.6 Å². The van der Waals surface area contributed by atoms with E-state index in [0.29, 0.717) is 22.5 Å². The lowest BCUT2D eigenvalue weighted by Crippen LogP contribution is -2.17. The molecule has 0 saturated heterocycles. The summed E-state index contributed by atoms with van der Waals surface area (Å²) in [6, 6.07) is 12.0. The molecule has 3 rings (SSSR count). The van der Waals surface area contributed by atoms with Gasteiger partial charge in [0.05, 0.1) is 16.8 Å². The van der Waals surface area contributed by atoms with Crippen LogP contribution in [0.5, 0.6) is 0 Å². The van der Waals surface area contributed by atoms with Gasteiger partial charge in [0.2, 0.25) is 0 Å². The standard InChI is InChI=1S/C17H13N3O2S/c21-16(12-7-10-23-11-12)20-15-4-2-1-3-14(15)17(22)19-13-5-8-18-9-6-13/h1-11H,(H,20,21)(H,18,19,22). The quantitative estimate of drug-likeness (QED) is 0.770. The highest BCUT2D eigenvalue weighted by atomic mass is 32.1. The minimum absolute atomic E-state index is 0.240. The maximum Gasteiger partial charge on any atom is 0.257 e. The molecule has 114 valence electrons. The topological polar surface area (TPSA) is 71.1 Å². The Labute approximate surface area is 137 Å².